The summed E-state index contributed by atoms with van der Waals surface area (Å²) in [6.07, 6.45) is 1.55. The predicted octanol–water partition coefficient (Wildman–Crippen LogP) is 1.44. The van der Waals surface area contributed by atoms with Gasteiger partial charge in [-0.1, -0.05) is 23.2 Å². The molecule has 1 heterocycles. The molecular weight excluding hydrogens is 341 g/mol. The Labute approximate surface area is 144 Å². The minimum Gasteiger partial charge on any atom is -0.482 e. The molecule has 8 heteroatoms. The van der Waals surface area contributed by atoms with Gasteiger partial charge in [-0.2, -0.15) is 0 Å². The van der Waals surface area contributed by atoms with Crippen LogP contribution in [-0.4, -0.2) is 49.0 Å². The van der Waals surface area contributed by atoms with Crippen LogP contribution in [0, 0.1) is 0 Å². The average molecular weight is 360 g/mol. The molecular formula is C15H19Cl2N3O3. The van der Waals surface area contributed by atoms with E-state index >= 15 is 0 Å². The molecule has 2 amide bonds. The minimum absolute atomic E-state index is 0.0741. The molecule has 0 spiro atoms. The lowest BCUT2D eigenvalue weighted by Crippen LogP contribution is -2.47. The number of nitrogens with zero attached hydrogens (tertiary/aromatic N) is 1. The van der Waals surface area contributed by atoms with Crippen molar-refractivity contribution in [3.63, 3.8) is 0 Å². The predicted molar refractivity (Wildman–Crippen MR) is 88.8 cm³/mol. The standard InChI is InChI=1S/C15H19Cl2N3O3/c16-10-1-2-12(17)13(7-10)23-9-15(22)19-11-3-5-20(6-4-11)8-14(18)21/h1-2,7,11H,3-6,8-9H2,(H2,18,21)(H,19,22). The van der Waals surface area contributed by atoms with E-state index in [4.69, 9.17) is 33.7 Å². The maximum atomic E-state index is 11.9. The van der Waals surface area contributed by atoms with Crippen LogP contribution in [0.15, 0.2) is 18.2 Å². The van der Waals surface area contributed by atoms with E-state index in [2.05, 4.69) is 5.32 Å². The number of hydrogen-bond donors (Lipinski definition) is 2. The molecule has 0 saturated carbocycles. The van der Waals surface area contributed by atoms with E-state index in [-0.39, 0.29) is 31.0 Å². The fourth-order valence-corrected chi connectivity index (χ4v) is 2.79. The number of halogens is 2. The largest absolute Gasteiger partial charge is 0.482 e. The molecule has 0 unspecified atom stereocenters. The maximum Gasteiger partial charge on any atom is 0.258 e. The summed E-state index contributed by atoms with van der Waals surface area (Å²) in [5.74, 6) is -0.167. The summed E-state index contributed by atoms with van der Waals surface area (Å²) < 4.78 is 5.39. The number of piperidine rings is 1. The number of primary amides is 1. The molecule has 126 valence electrons. The molecule has 0 bridgehead atoms. The zero-order valence-corrected chi connectivity index (χ0v) is 14.1. The lowest BCUT2D eigenvalue weighted by Gasteiger charge is -2.31. The zero-order chi connectivity index (χ0) is 16.8. The third kappa shape index (κ3) is 5.89. The molecule has 1 aliphatic rings. The fourth-order valence-electron chi connectivity index (χ4n) is 2.46. The van der Waals surface area contributed by atoms with Crippen molar-refractivity contribution in [3.8, 4) is 5.75 Å². The SMILES string of the molecule is NC(=O)CN1CCC(NC(=O)COc2cc(Cl)ccc2Cl)CC1. The van der Waals surface area contributed by atoms with Crippen molar-refractivity contribution in [2.75, 3.05) is 26.2 Å². The van der Waals surface area contributed by atoms with Gasteiger partial charge in [0.15, 0.2) is 6.61 Å². The third-order valence-corrected chi connectivity index (χ3v) is 4.13. The fraction of sp³-hybridized carbons (Fsp3) is 0.467. The molecule has 6 nitrogen and oxygen atoms in total. The summed E-state index contributed by atoms with van der Waals surface area (Å²) in [4.78, 5) is 24.8. The Morgan fingerprint density at radius 3 is 2.65 bits per heavy atom. The van der Waals surface area contributed by atoms with Crippen LogP contribution in [0.3, 0.4) is 0 Å². The number of ether oxygens (including phenoxy) is 1. The monoisotopic (exact) mass is 359 g/mol. The highest BCUT2D eigenvalue weighted by molar-refractivity contribution is 6.34. The number of amides is 2. The number of likely N-dealkylation sites (tertiary alicyclic amines) is 1. The number of nitrogens with one attached hydrogen (secondary N) is 1. The number of nitrogens with two attached hydrogens (primary N) is 1. The summed E-state index contributed by atoms with van der Waals surface area (Å²) in [7, 11) is 0. The molecule has 0 aliphatic carbocycles. The molecule has 1 saturated heterocycles. The van der Waals surface area contributed by atoms with Crippen LogP contribution in [0.25, 0.3) is 0 Å². The van der Waals surface area contributed by atoms with Crippen LogP contribution in [0.1, 0.15) is 12.8 Å². The first-order chi connectivity index (χ1) is 10.9. The first-order valence-corrected chi connectivity index (χ1v) is 8.07. The van der Waals surface area contributed by atoms with Crippen LogP contribution in [-0.2, 0) is 9.59 Å². The van der Waals surface area contributed by atoms with Crippen molar-refractivity contribution in [3.05, 3.63) is 28.2 Å². The molecule has 1 fully saturated rings. The second-order valence-electron chi connectivity index (χ2n) is 5.45. The van der Waals surface area contributed by atoms with Gasteiger partial charge in [-0.25, -0.2) is 0 Å². The Bertz CT molecular complexity index is 575. The Balaban J connectivity index is 1.73. The van der Waals surface area contributed by atoms with E-state index < -0.39 is 0 Å². The molecule has 0 atom stereocenters. The molecule has 0 aromatic heterocycles. The summed E-state index contributed by atoms with van der Waals surface area (Å²) >= 11 is 11.8. The first kappa shape index (κ1) is 17.8. The third-order valence-electron chi connectivity index (χ3n) is 3.58. The van der Waals surface area contributed by atoms with Gasteiger partial charge in [-0.05, 0) is 25.0 Å². The average Bonchev–Trinajstić information content (AvgIpc) is 2.50. The van der Waals surface area contributed by atoms with Gasteiger partial charge in [0.05, 0.1) is 11.6 Å². The van der Waals surface area contributed by atoms with E-state index in [9.17, 15) is 9.59 Å². The highest BCUT2D eigenvalue weighted by Crippen LogP contribution is 2.27. The summed E-state index contributed by atoms with van der Waals surface area (Å²) in [6.45, 7) is 1.60. The molecule has 23 heavy (non-hydrogen) atoms. The van der Waals surface area contributed by atoms with E-state index in [1.54, 1.807) is 18.2 Å². The van der Waals surface area contributed by atoms with Gasteiger partial charge in [0.25, 0.3) is 5.91 Å². The molecule has 1 aromatic carbocycles. The van der Waals surface area contributed by atoms with Crippen molar-refractivity contribution in [2.45, 2.75) is 18.9 Å². The van der Waals surface area contributed by atoms with Crippen molar-refractivity contribution >= 4 is 35.0 Å². The quantitative estimate of drug-likeness (QED) is 0.804. The van der Waals surface area contributed by atoms with Crippen molar-refractivity contribution in [1.29, 1.82) is 0 Å². The first-order valence-electron chi connectivity index (χ1n) is 7.32. The number of carbonyl (C=O) groups is 2. The molecule has 3 N–H and O–H groups in total. The van der Waals surface area contributed by atoms with Crippen molar-refractivity contribution in [2.24, 2.45) is 5.73 Å². The van der Waals surface area contributed by atoms with Crippen molar-refractivity contribution < 1.29 is 14.3 Å². The highest BCUT2D eigenvalue weighted by atomic mass is 35.5. The van der Waals surface area contributed by atoms with Crippen molar-refractivity contribution in [1.82, 2.24) is 10.2 Å². The van der Waals surface area contributed by atoms with E-state index in [1.165, 1.54) is 0 Å². The van der Waals surface area contributed by atoms with Crippen LogP contribution in [0.2, 0.25) is 10.0 Å². The van der Waals surface area contributed by atoms with Gasteiger partial charge in [0.2, 0.25) is 5.91 Å². The minimum atomic E-state index is -0.334. The van der Waals surface area contributed by atoms with Crippen LogP contribution in [0.4, 0.5) is 0 Å². The number of benzene rings is 1. The summed E-state index contributed by atoms with van der Waals surface area (Å²) in [5, 5.41) is 3.81. The second-order valence-corrected chi connectivity index (χ2v) is 6.29. The molecule has 1 aliphatic heterocycles. The van der Waals surface area contributed by atoms with Crippen LogP contribution in [0.5, 0.6) is 5.75 Å². The Morgan fingerprint density at radius 1 is 1.30 bits per heavy atom. The van der Waals surface area contributed by atoms with E-state index in [0.29, 0.717) is 15.8 Å². The maximum absolute atomic E-state index is 11.9. The Morgan fingerprint density at radius 2 is 2.00 bits per heavy atom. The highest BCUT2D eigenvalue weighted by Gasteiger charge is 2.21. The van der Waals surface area contributed by atoms with Gasteiger partial charge in [-0.15, -0.1) is 0 Å². The number of carbonyl (C=O) groups excluding carboxylic acids is 2. The second kappa shape index (κ2) is 8.38. The molecule has 1 aromatic rings. The van der Waals surface area contributed by atoms with E-state index in [0.717, 1.165) is 25.9 Å². The van der Waals surface area contributed by atoms with Gasteiger partial charge in [0, 0.05) is 30.2 Å². The Hall–Kier alpha value is -1.50. The number of rotatable bonds is 6. The van der Waals surface area contributed by atoms with Gasteiger partial charge >= 0.3 is 0 Å². The van der Waals surface area contributed by atoms with Crippen LogP contribution >= 0.6 is 23.2 Å². The van der Waals surface area contributed by atoms with E-state index in [1.807, 2.05) is 4.90 Å². The van der Waals surface area contributed by atoms with Crippen LogP contribution < -0.4 is 15.8 Å². The lowest BCUT2D eigenvalue weighted by molar-refractivity contribution is -0.124. The smallest absolute Gasteiger partial charge is 0.258 e. The van der Waals surface area contributed by atoms with Gasteiger partial charge < -0.3 is 15.8 Å². The molecule has 0 radical (unpaired) electrons. The summed E-state index contributed by atoms with van der Waals surface area (Å²) in [6, 6.07) is 4.91. The van der Waals surface area contributed by atoms with Gasteiger partial charge in [0.1, 0.15) is 5.75 Å². The summed E-state index contributed by atoms with van der Waals surface area (Å²) in [5.41, 5.74) is 5.17. The zero-order valence-electron chi connectivity index (χ0n) is 12.6. The number of hydrogen-bond acceptors (Lipinski definition) is 4. The Kier molecular flexibility index (Phi) is 6.50. The normalized spacial score (nSPS) is 16.1. The molecule has 2 rings (SSSR count). The lowest BCUT2D eigenvalue weighted by atomic mass is 10.1. The van der Waals surface area contributed by atoms with Gasteiger partial charge in [-0.3, -0.25) is 14.5 Å². The topological polar surface area (TPSA) is 84.7 Å².